The van der Waals surface area contributed by atoms with Gasteiger partial charge in [0, 0.05) is 6.54 Å². The molecule has 1 N–H and O–H groups in total. The van der Waals surface area contributed by atoms with Crippen LogP contribution in [0.5, 0.6) is 0 Å². The fraction of sp³-hybridized carbons (Fsp3) is 0.188. The largest absolute Gasteiger partial charge is 0.350 e. The van der Waals surface area contributed by atoms with Crippen LogP contribution in [0.15, 0.2) is 48.5 Å². The number of carbonyl (C=O) groups is 1. The van der Waals surface area contributed by atoms with E-state index in [0.717, 1.165) is 11.1 Å². The molecule has 20 heavy (non-hydrogen) atoms. The van der Waals surface area contributed by atoms with Crippen molar-refractivity contribution in [2.45, 2.75) is 12.3 Å². The molecule has 2 aromatic rings. The highest BCUT2D eigenvalue weighted by molar-refractivity contribution is 6.21. The predicted octanol–water partition coefficient (Wildman–Crippen LogP) is 3.84. The minimum atomic E-state index is -0.529. The van der Waals surface area contributed by atoms with Gasteiger partial charge >= 0.3 is 0 Å². The Bertz CT molecular complexity index is 601. The number of benzene rings is 2. The van der Waals surface area contributed by atoms with Gasteiger partial charge in [-0.05, 0) is 24.6 Å². The molecule has 0 saturated heterocycles. The molecule has 104 valence electrons. The highest BCUT2D eigenvalue weighted by Crippen LogP contribution is 2.19. The van der Waals surface area contributed by atoms with Crippen molar-refractivity contribution in [3.63, 3.8) is 0 Å². The minimum Gasteiger partial charge on any atom is -0.350 e. The lowest BCUT2D eigenvalue weighted by Gasteiger charge is -2.12. The maximum atomic E-state index is 13.6. The van der Waals surface area contributed by atoms with E-state index < -0.39 is 11.7 Å². The van der Waals surface area contributed by atoms with E-state index in [-0.39, 0.29) is 17.5 Å². The van der Waals surface area contributed by atoms with Crippen molar-refractivity contribution >= 4 is 17.5 Å². The summed E-state index contributed by atoms with van der Waals surface area (Å²) < 4.78 is 13.6. The lowest BCUT2D eigenvalue weighted by Crippen LogP contribution is -2.27. The Morgan fingerprint density at radius 1 is 1.25 bits per heavy atom. The third-order valence-electron chi connectivity index (χ3n) is 2.97. The maximum Gasteiger partial charge on any atom is 0.254 e. The van der Waals surface area contributed by atoms with Crippen LogP contribution in [0.4, 0.5) is 4.39 Å². The Labute approximate surface area is 122 Å². The molecule has 4 heteroatoms. The third kappa shape index (κ3) is 3.58. The summed E-state index contributed by atoms with van der Waals surface area (Å²) in [5.74, 6) is -0.980. The fourth-order valence-corrected chi connectivity index (χ4v) is 2.09. The van der Waals surface area contributed by atoms with E-state index in [1.165, 1.54) is 12.1 Å². The quantitative estimate of drug-likeness (QED) is 0.852. The number of hydrogen-bond acceptors (Lipinski definition) is 1. The Kier molecular flexibility index (Phi) is 4.74. The van der Waals surface area contributed by atoms with E-state index in [4.69, 9.17) is 11.6 Å². The molecular weight excluding hydrogens is 277 g/mol. The Morgan fingerprint density at radius 2 is 1.95 bits per heavy atom. The second-order valence-corrected chi connectivity index (χ2v) is 5.10. The van der Waals surface area contributed by atoms with Crippen LogP contribution in [0, 0.1) is 12.7 Å². The van der Waals surface area contributed by atoms with Crippen LogP contribution in [0.25, 0.3) is 0 Å². The second-order valence-electron chi connectivity index (χ2n) is 4.57. The van der Waals surface area contributed by atoms with E-state index in [0.29, 0.717) is 0 Å². The Balaban J connectivity index is 2.00. The molecule has 0 aliphatic rings. The molecule has 0 spiro atoms. The van der Waals surface area contributed by atoms with Crippen LogP contribution in [-0.4, -0.2) is 12.5 Å². The molecule has 1 unspecified atom stereocenters. The van der Waals surface area contributed by atoms with Crippen molar-refractivity contribution in [2.24, 2.45) is 0 Å². The van der Waals surface area contributed by atoms with Crippen molar-refractivity contribution in [3.05, 3.63) is 71.0 Å². The summed E-state index contributed by atoms with van der Waals surface area (Å²) in [6.07, 6.45) is 0. The highest BCUT2D eigenvalue weighted by atomic mass is 35.5. The highest BCUT2D eigenvalue weighted by Gasteiger charge is 2.14. The molecule has 2 aromatic carbocycles. The number of alkyl halides is 1. The van der Waals surface area contributed by atoms with E-state index in [9.17, 15) is 9.18 Å². The number of amides is 1. The molecule has 2 nitrogen and oxygen atoms in total. The monoisotopic (exact) mass is 291 g/mol. The van der Waals surface area contributed by atoms with Gasteiger partial charge in [0.15, 0.2) is 0 Å². The van der Waals surface area contributed by atoms with Crippen LogP contribution in [0.3, 0.4) is 0 Å². The summed E-state index contributed by atoms with van der Waals surface area (Å²) in [5.41, 5.74) is 1.79. The lowest BCUT2D eigenvalue weighted by atomic mass is 10.1. The number of hydrogen-bond donors (Lipinski definition) is 1. The average molecular weight is 292 g/mol. The van der Waals surface area contributed by atoms with Gasteiger partial charge < -0.3 is 5.32 Å². The molecule has 0 aliphatic heterocycles. The predicted molar refractivity (Wildman–Crippen MR) is 78.5 cm³/mol. The summed E-state index contributed by atoms with van der Waals surface area (Å²) in [6.45, 7) is 2.06. The summed E-state index contributed by atoms with van der Waals surface area (Å²) in [6, 6.07) is 13.9. The molecule has 1 atom stereocenters. The molecule has 0 heterocycles. The van der Waals surface area contributed by atoms with E-state index in [1.807, 2.05) is 37.3 Å². The molecule has 0 aromatic heterocycles. The molecule has 0 bridgehead atoms. The molecule has 1 amide bonds. The van der Waals surface area contributed by atoms with Crippen molar-refractivity contribution < 1.29 is 9.18 Å². The van der Waals surface area contributed by atoms with Crippen LogP contribution >= 0.6 is 11.6 Å². The van der Waals surface area contributed by atoms with Crippen LogP contribution in [-0.2, 0) is 0 Å². The van der Waals surface area contributed by atoms with Gasteiger partial charge in [-0.25, -0.2) is 4.39 Å². The van der Waals surface area contributed by atoms with Gasteiger partial charge in [0.1, 0.15) is 5.82 Å². The molecule has 0 fully saturated rings. The summed E-state index contributed by atoms with van der Waals surface area (Å²) in [4.78, 5) is 11.9. The van der Waals surface area contributed by atoms with Gasteiger partial charge in [-0.1, -0.05) is 42.0 Å². The zero-order valence-corrected chi connectivity index (χ0v) is 11.8. The van der Waals surface area contributed by atoms with Crippen LogP contribution in [0.2, 0.25) is 0 Å². The van der Waals surface area contributed by atoms with Crippen molar-refractivity contribution in [3.8, 4) is 0 Å². The maximum absolute atomic E-state index is 13.6. The minimum absolute atomic E-state index is 0.0435. The smallest absolute Gasteiger partial charge is 0.254 e. The average Bonchev–Trinajstić information content (AvgIpc) is 2.47. The van der Waals surface area contributed by atoms with Gasteiger partial charge in [-0.15, -0.1) is 11.6 Å². The fourth-order valence-electron chi connectivity index (χ4n) is 1.87. The third-order valence-corrected chi connectivity index (χ3v) is 3.38. The van der Waals surface area contributed by atoms with E-state index in [2.05, 4.69) is 5.32 Å². The second kappa shape index (κ2) is 6.53. The summed E-state index contributed by atoms with van der Waals surface area (Å²) in [7, 11) is 0. The molecule has 0 saturated carbocycles. The normalized spacial score (nSPS) is 11.9. The molecule has 2 rings (SSSR count). The first kappa shape index (κ1) is 14.5. The lowest BCUT2D eigenvalue weighted by molar-refractivity contribution is 0.0949. The zero-order chi connectivity index (χ0) is 14.5. The first-order chi connectivity index (χ1) is 9.58. The Morgan fingerprint density at radius 3 is 2.65 bits per heavy atom. The van der Waals surface area contributed by atoms with Crippen LogP contribution < -0.4 is 5.32 Å². The standard InChI is InChI=1S/C16H15ClFNO/c1-11-7-8-15(18)13(9-11)16(20)19-10-14(17)12-5-3-2-4-6-12/h2-9,14H,10H2,1H3,(H,19,20). The van der Waals surface area contributed by atoms with Gasteiger partial charge in [0.05, 0.1) is 10.9 Å². The van der Waals surface area contributed by atoms with Gasteiger partial charge in [0.25, 0.3) is 5.91 Å². The van der Waals surface area contributed by atoms with Crippen molar-refractivity contribution in [1.82, 2.24) is 5.32 Å². The first-order valence-corrected chi connectivity index (χ1v) is 6.75. The molecular formula is C16H15ClFNO. The number of carbonyl (C=O) groups excluding carboxylic acids is 1. The van der Waals surface area contributed by atoms with E-state index in [1.54, 1.807) is 6.07 Å². The number of rotatable bonds is 4. The van der Waals surface area contributed by atoms with E-state index >= 15 is 0 Å². The summed E-state index contributed by atoms with van der Waals surface area (Å²) >= 11 is 6.20. The van der Waals surface area contributed by atoms with Gasteiger partial charge in [-0.3, -0.25) is 4.79 Å². The number of halogens is 2. The SMILES string of the molecule is Cc1ccc(F)c(C(=O)NCC(Cl)c2ccccc2)c1. The van der Waals surface area contributed by atoms with Gasteiger partial charge in [-0.2, -0.15) is 0 Å². The van der Waals surface area contributed by atoms with Crippen LogP contribution in [0.1, 0.15) is 26.9 Å². The van der Waals surface area contributed by atoms with Crippen molar-refractivity contribution in [1.29, 1.82) is 0 Å². The number of aryl methyl sites for hydroxylation is 1. The van der Waals surface area contributed by atoms with Gasteiger partial charge in [0.2, 0.25) is 0 Å². The zero-order valence-electron chi connectivity index (χ0n) is 11.1. The van der Waals surface area contributed by atoms with Crippen molar-refractivity contribution in [2.75, 3.05) is 6.54 Å². The molecule has 0 aliphatic carbocycles. The molecule has 0 radical (unpaired) electrons. The topological polar surface area (TPSA) is 29.1 Å². The summed E-state index contributed by atoms with van der Waals surface area (Å²) in [5, 5.41) is 2.31. The Hall–Kier alpha value is -1.87. The first-order valence-electron chi connectivity index (χ1n) is 6.31. The number of nitrogens with one attached hydrogen (secondary N) is 1.